The fourth-order valence-electron chi connectivity index (χ4n) is 3.59. The van der Waals surface area contributed by atoms with Crippen LogP contribution in [0.25, 0.3) is 0 Å². The van der Waals surface area contributed by atoms with E-state index in [1.807, 2.05) is 26.0 Å². The Balaban J connectivity index is 1.61. The maximum Gasteiger partial charge on any atom is 0.175 e. The Morgan fingerprint density at radius 3 is 1.61 bits per heavy atom. The van der Waals surface area contributed by atoms with Gasteiger partial charge in [0.15, 0.2) is 10.2 Å². The van der Waals surface area contributed by atoms with E-state index in [1.165, 1.54) is 11.1 Å². The number of hydrogen-bond donors (Lipinski definition) is 4. The largest absolute Gasteiger partial charge is 0.358 e. The fraction of sp³-hybridized carbons (Fsp3) is 0.200. The zero-order chi connectivity index (χ0) is 24.1. The lowest BCUT2D eigenvalue weighted by atomic mass is 10.1. The summed E-state index contributed by atoms with van der Waals surface area (Å²) < 4.78 is 0. The number of anilines is 3. The van der Waals surface area contributed by atoms with Gasteiger partial charge in [0.05, 0.1) is 21.4 Å². The summed E-state index contributed by atoms with van der Waals surface area (Å²) in [5, 5.41) is 14.4. The molecule has 0 unspecified atom stereocenters. The van der Waals surface area contributed by atoms with Crippen LogP contribution in [0, 0.1) is 27.7 Å². The Morgan fingerprint density at radius 1 is 0.636 bits per heavy atom. The van der Waals surface area contributed by atoms with E-state index in [2.05, 4.69) is 59.4 Å². The van der Waals surface area contributed by atoms with Crippen LogP contribution in [0.15, 0.2) is 48.5 Å². The van der Waals surface area contributed by atoms with E-state index in [9.17, 15) is 0 Å². The van der Waals surface area contributed by atoms with Crippen LogP contribution in [0.2, 0.25) is 10.0 Å². The number of aryl methyl sites for hydroxylation is 4. The van der Waals surface area contributed by atoms with E-state index < -0.39 is 0 Å². The molecule has 3 rings (SSSR count). The van der Waals surface area contributed by atoms with E-state index in [-0.39, 0.29) is 0 Å². The number of rotatable bonds is 5. The molecule has 33 heavy (non-hydrogen) atoms. The summed E-state index contributed by atoms with van der Waals surface area (Å²) in [7, 11) is 0. The Kier molecular flexibility index (Phi) is 8.54. The molecular weight excluding hydrogens is 491 g/mol. The third-order valence-corrected chi connectivity index (χ3v) is 5.84. The molecular formula is C25H26Cl2N4S2. The van der Waals surface area contributed by atoms with Crippen molar-refractivity contribution in [3.8, 4) is 0 Å². The SMILES string of the molecule is Cc1cc(C)cc(CNC(=S)Nc2cc(Cl)c(NC(=S)Nc3cc(C)cc(C)c3)cc2Cl)c1. The minimum absolute atomic E-state index is 0.421. The molecule has 172 valence electrons. The van der Waals surface area contributed by atoms with Crippen LogP contribution < -0.4 is 21.3 Å². The standard InChI is InChI=1S/C25H26Cl2N4S2/c1-14-5-15(2)8-18(7-14)13-28-24(32)30-22-11-21(27)23(12-20(22)26)31-25(33)29-19-9-16(3)6-17(4)10-19/h5-12H,13H2,1-4H3,(H2,28,30,32)(H2,29,31,33). The summed E-state index contributed by atoms with van der Waals surface area (Å²) in [5.74, 6) is 0. The first-order chi connectivity index (χ1) is 15.6. The molecule has 0 spiro atoms. The number of hydrogen-bond acceptors (Lipinski definition) is 2. The molecule has 3 aromatic carbocycles. The molecule has 4 N–H and O–H groups in total. The van der Waals surface area contributed by atoms with Crippen molar-refractivity contribution in [3.63, 3.8) is 0 Å². The third-order valence-electron chi connectivity index (χ3n) is 4.77. The first-order valence-corrected chi connectivity index (χ1v) is 11.9. The Morgan fingerprint density at radius 2 is 1.09 bits per heavy atom. The molecule has 0 bridgehead atoms. The van der Waals surface area contributed by atoms with Gasteiger partial charge in [-0.3, -0.25) is 0 Å². The minimum Gasteiger partial charge on any atom is -0.358 e. The molecule has 0 fully saturated rings. The first-order valence-electron chi connectivity index (χ1n) is 10.4. The Bertz CT molecular complexity index is 1170. The third kappa shape index (κ3) is 7.57. The summed E-state index contributed by atoms with van der Waals surface area (Å²) in [4.78, 5) is 0. The van der Waals surface area contributed by atoms with Crippen LogP contribution in [0.5, 0.6) is 0 Å². The molecule has 0 aromatic heterocycles. The smallest absolute Gasteiger partial charge is 0.175 e. The number of benzene rings is 3. The fourth-order valence-corrected chi connectivity index (χ4v) is 4.42. The van der Waals surface area contributed by atoms with E-state index in [0.717, 1.165) is 22.4 Å². The van der Waals surface area contributed by atoms with Gasteiger partial charge in [-0.15, -0.1) is 0 Å². The highest BCUT2D eigenvalue weighted by Gasteiger charge is 2.11. The second-order valence-electron chi connectivity index (χ2n) is 8.07. The first kappa shape index (κ1) is 25.2. The van der Waals surface area contributed by atoms with Crippen LogP contribution in [0.3, 0.4) is 0 Å². The van der Waals surface area contributed by atoms with Crippen molar-refractivity contribution in [2.45, 2.75) is 34.2 Å². The van der Waals surface area contributed by atoms with Crippen LogP contribution in [-0.2, 0) is 6.54 Å². The predicted octanol–water partition coefficient (Wildman–Crippen LogP) is 7.52. The average Bonchev–Trinajstić information content (AvgIpc) is 2.68. The van der Waals surface area contributed by atoms with Crippen molar-refractivity contribution < 1.29 is 0 Å². The minimum atomic E-state index is 0.421. The van der Waals surface area contributed by atoms with Crippen molar-refractivity contribution in [2.24, 2.45) is 0 Å². The second kappa shape index (κ2) is 11.2. The lowest BCUT2D eigenvalue weighted by Crippen LogP contribution is -2.28. The summed E-state index contributed by atoms with van der Waals surface area (Å²) in [6.45, 7) is 8.84. The molecule has 3 aromatic rings. The van der Waals surface area contributed by atoms with E-state index in [0.29, 0.717) is 38.2 Å². The molecule has 0 saturated heterocycles. The molecule has 0 aliphatic heterocycles. The summed E-state index contributed by atoms with van der Waals surface area (Å²) >= 11 is 23.8. The van der Waals surface area contributed by atoms with E-state index in [1.54, 1.807) is 12.1 Å². The van der Waals surface area contributed by atoms with Crippen molar-refractivity contribution in [2.75, 3.05) is 16.0 Å². The highest BCUT2D eigenvalue weighted by atomic mass is 35.5. The van der Waals surface area contributed by atoms with Gasteiger partial charge in [-0.05, 0) is 93.1 Å². The monoisotopic (exact) mass is 516 g/mol. The Labute approximate surface area is 216 Å². The van der Waals surface area contributed by atoms with Crippen molar-refractivity contribution in [3.05, 3.63) is 86.4 Å². The van der Waals surface area contributed by atoms with Gasteiger partial charge in [0, 0.05) is 12.2 Å². The van der Waals surface area contributed by atoms with Crippen LogP contribution in [-0.4, -0.2) is 10.2 Å². The molecule has 0 aliphatic carbocycles. The zero-order valence-electron chi connectivity index (χ0n) is 18.9. The molecule has 8 heteroatoms. The van der Waals surface area contributed by atoms with Crippen molar-refractivity contribution >= 4 is 74.9 Å². The lowest BCUT2D eigenvalue weighted by molar-refractivity contribution is 0.921. The molecule has 0 saturated carbocycles. The summed E-state index contributed by atoms with van der Waals surface area (Å²) in [6.07, 6.45) is 0. The van der Waals surface area contributed by atoms with E-state index >= 15 is 0 Å². The van der Waals surface area contributed by atoms with Gasteiger partial charge in [-0.1, -0.05) is 58.6 Å². The Hall–Kier alpha value is -2.38. The number of halogens is 2. The van der Waals surface area contributed by atoms with Gasteiger partial charge in [-0.25, -0.2) is 0 Å². The van der Waals surface area contributed by atoms with E-state index in [4.69, 9.17) is 47.6 Å². The summed E-state index contributed by atoms with van der Waals surface area (Å²) in [5.41, 5.74) is 8.01. The van der Waals surface area contributed by atoms with Crippen molar-refractivity contribution in [1.29, 1.82) is 0 Å². The van der Waals surface area contributed by atoms with Crippen LogP contribution in [0.1, 0.15) is 27.8 Å². The van der Waals surface area contributed by atoms with Gasteiger partial charge < -0.3 is 21.3 Å². The van der Waals surface area contributed by atoms with Gasteiger partial charge in [0.25, 0.3) is 0 Å². The van der Waals surface area contributed by atoms with Gasteiger partial charge >= 0.3 is 0 Å². The molecule has 0 amide bonds. The van der Waals surface area contributed by atoms with Crippen molar-refractivity contribution in [1.82, 2.24) is 5.32 Å². The maximum absolute atomic E-state index is 6.48. The number of nitrogens with one attached hydrogen (secondary N) is 4. The van der Waals surface area contributed by atoms with Crippen LogP contribution >= 0.6 is 47.6 Å². The molecule has 0 heterocycles. The predicted molar refractivity (Wildman–Crippen MR) is 151 cm³/mol. The molecule has 0 atom stereocenters. The molecule has 4 nitrogen and oxygen atoms in total. The molecule has 0 radical (unpaired) electrons. The zero-order valence-corrected chi connectivity index (χ0v) is 22.0. The number of thiocarbonyl (C=S) groups is 2. The maximum atomic E-state index is 6.48. The molecule has 0 aliphatic rings. The van der Waals surface area contributed by atoms with Crippen LogP contribution in [0.4, 0.5) is 17.1 Å². The average molecular weight is 518 g/mol. The topological polar surface area (TPSA) is 48.1 Å². The highest BCUT2D eigenvalue weighted by Crippen LogP contribution is 2.33. The van der Waals surface area contributed by atoms with Gasteiger partial charge in [-0.2, -0.15) is 0 Å². The normalized spacial score (nSPS) is 10.5. The quantitative estimate of drug-likeness (QED) is 0.263. The second-order valence-corrected chi connectivity index (χ2v) is 9.70. The van der Waals surface area contributed by atoms with Gasteiger partial charge in [0.2, 0.25) is 0 Å². The van der Waals surface area contributed by atoms with Gasteiger partial charge in [0.1, 0.15) is 0 Å². The summed E-state index contributed by atoms with van der Waals surface area (Å²) in [6, 6.07) is 16.0. The highest BCUT2D eigenvalue weighted by molar-refractivity contribution is 7.80. The lowest BCUT2D eigenvalue weighted by Gasteiger charge is -2.16.